The van der Waals surface area contributed by atoms with E-state index < -0.39 is 5.60 Å². The largest absolute Gasteiger partial charge is 0.390 e. The topological polar surface area (TPSA) is 38.7 Å². The van der Waals surface area contributed by atoms with Crippen LogP contribution in [0.1, 0.15) is 13.3 Å². The van der Waals surface area contributed by atoms with Gasteiger partial charge in [0.2, 0.25) is 0 Å². The van der Waals surface area contributed by atoms with Crippen molar-refractivity contribution in [2.45, 2.75) is 24.7 Å². The minimum atomic E-state index is -0.424. The molecule has 5 aliphatic carbocycles. The van der Waals surface area contributed by atoms with Crippen LogP contribution < -0.4 is 0 Å². The summed E-state index contributed by atoms with van der Waals surface area (Å²) in [5, 5.41) is 10.9. The van der Waals surface area contributed by atoms with Gasteiger partial charge in [-0.2, -0.15) is 0 Å². The summed E-state index contributed by atoms with van der Waals surface area (Å²) in [5.74, 6) is 4.96. The minimum Gasteiger partial charge on any atom is -0.390 e. The van der Waals surface area contributed by atoms with Crippen molar-refractivity contribution in [1.82, 2.24) is 0 Å². The Hall–Kier alpha value is -0.120. The molecule has 6 fully saturated rings. The maximum atomic E-state index is 10.9. The minimum absolute atomic E-state index is 0.255. The van der Waals surface area contributed by atoms with E-state index in [4.69, 9.17) is 9.47 Å². The lowest BCUT2D eigenvalue weighted by atomic mass is 9.54. The monoisotopic (exact) mass is 234 g/mol. The van der Waals surface area contributed by atoms with Gasteiger partial charge >= 0.3 is 0 Å². The normalized spacial score (nSPS) is 75.2. The second kappa shape index (κ2) is 2.10. The Bertz CT molecular complexity index is 439. The molecule has 17 heavy (non-hydrogen) atoms. The summed E-state index contributed by atoms with van der Waals surface area (Å²) in [7, 11) is 0. The number of hydrogen-bond acceptors (Lipinski definition) is 3. The second-order valence-corrected chi connectivity index (χ2v) is 7.47. The number of aliphatic hydroxyl groups is 1. The summed E-state index contributed by atoms with van der Waals surface area (Å²) in [5.41, 5.74) is -0.424. The van der Waals surface area contributed by atoms with Crippen molar-refractivity contribution in [3.63, 3.8) is 0 Å². The lowest BCUT2D eigenvalue weighted by Gasteiger charge is -2.56. The quantitative estimate of drug-likeness (QED) is 0.676. The van der Waals surface area contributed by atoms with Gasteiger partial charge in [-0.15, -0.1) is 0 Å². The van der Waals surface area contributed by atoms with E-state index >= 15 is 0 Å². The molecule has 1 spiro atoms. The molecule has 1 saturated heterocycles. The molecule has 5 saturated carbocycles. The lowest BCUT2D eigenvalue weighted by molar-refractivity contribution is -0.295. The molecule has 0 aromatic carbocycles. The Kier molecular flexibility index (Phi) is 1.10. The summed E-state index contributed by atoms with van der Waals surface area (Å²) in [6.07, 6.45) is 1.35. The van der Waals surface area contributed by atoms with Crippen molar-refractivity contribution in [1.29, 1.82) is 0 Å². The molecule has 0 radical (unpaired) electrons. The first-order valence-corrected chi connectivity index (χ1v) is 7.18. The average molecular weight is 234 g/mol. The summed E-state index contributed by atoms with van der Waals surface area (Å²) in [6, 6.07) is 0. The molecule has 6 aliphatic rings. The van der Waals surface area contributed by atoms with Crippen LogP contribution in [0.15, 0.2) is 0 Å². The van der Waals surface area contributed by atoms with Crippen LogP contribution in [-0.4, -0.2) is 29.7 Å². The molecule has 6 rings (SSSR count). The van der Waals surface area contributed by atoms with Gasteiger partial charge < -0.3 is 14.6 Å². The first-order valence-electron chi connectivity index (χ1n) is 7.18. The fraction of sp³-hybridized carbons (Fsp3) is 1.00. The highest BCUT2D eigenvalue weighted by Gasteiger charge is 2.91. The van der Waals surface area contributed by atoms with Crippen LogP contribution in [-0.2, 0) is 9.47 Å². The van der Waals surface area contributed by atoms with Gasteiger partial charge in [0, 0.05) is 11.8 Å². The van der Waals surface area contributed by atoms with Gasteiger partial charge in [-0.1, -0.05) is 0 Å². The molecule has 1 unspecified atom stereocenters. The molecule has 3 heteroatoms. The van der Waals surface area contributed by atoms with Crippen molar-refractivity contribution in [2.75, 3.05) is 13.2 Å². The van der Waals surface area contributed by atoms with Gasteiger partial charge in [0.15, 0.2) is 5.79 Å². The first kappa shape index (κ1) is 8.89. The Morgan fingerprint density at radius 3 is 2.35 bits per heavy atom. The SMILES string of the molecule is C[C@]1(O)[C@@H]2[C@H]3C[C@@H]4C5[C@H]3[C@H]1[C@@H]5C1(OCCO1)[C@H]24. The Morgan fingerprint density at radius 2 is 1.59 bits per heavy atom. The molecule has 92 valence electrons. The fourth-order valence-electron chi connectivity index (χ4n) is 7.74. The molecule has 0 aromatic heterocycles. The van der Waals surface area contributed by atoms with E-state index in [1.807, 2.05) is 0 Å². The standard InChI is InChI=1S/C14H18O3/c1-13(15)9-5-4-6-8-7(5)11(13)12(8)14(10(6)9)16-2-3-17-14/h5-12,15H,2-4H2,1H3/t5-,6+,7-,8?,9+,10-,11-,12+,13-/m0/s1. The van der Waals surface area contributed by atoms with Crippen molar-refractivity contribution in [2.24, 2.45) is 47.3 Å². The molecule has 3 nitrogen and oxygen atoms in total. The molecule has 1 aliphatic heterocycles. The Labute approximate surface area is 100 Å². The van der Waals surface area contributed by atoms with Gasteiger partial charge in [-0.25, -0.2) is 0 Å². The maximum Gasteiger partial charge on any atom is 0.175 e. The van der Waals surface area contributed by atoms with Crippen molar-refractivity contribution in [3.05, 3.63) is 0 Å². The number of ether oxygens (including phenoxy) is 2. The molecule has 0 aromatic rings. The van der Waals surface area contributed by atoms with Crippen LogP contribution in [0.25, 0.3) is 0 Å². The summed E-state index contributed by atoms with van der Waals surface area (Å²) in [4.78, 5) is 0. The zero-order valence-corrected chi connectivity index (χ0v) is 10.0. The van der Waals surface area contributed by atoms with Gasteiger partial charge in [0.25, 0.3) is 0 Å². The average Bonchev–Trinajstić information content (AvgIpc) is 2.86. The predicted molar refractivity (Wildman–Crippen MR) is 57.8 cm³/mol. The van der Waals surface area contributed by atoms with E-state index in [-0.39, 0.29) is 5.79 Å². The zero-order valence-electron chi connectivity index (χ0n) is 10.0. The molecule has 2 bridgehead atoms. The predicted octanol–water partition coefficient (Wildman–Crippen LogP) is 0.868. The maximum absolute atomic E-state index is 10.9. The van der Waals surface area contributed by atoms with E-state index in [9.17, 15) is 5.11 Å². The van der Waals surface area contributed by atoms with Crippen LogP contribution in [0, 0.1) is 47.3 Å². The zero-order chi connectivity index (χ0) is 11.2. The van der Waals surface area contributed by atoms with Gasteiger partial charge in [-0.05, 0) is 48.9 Å². The van der Waals surface area contributed by atoms with Crippen LogP contribution in [0.3, 0.4) is 0 Å². The third-order valence-corrected chi connectivity index (χ3v) is 7.52. The number of rotatable bonds is 0. The van der Waals surface area contributed by atoms with Crippen LogP contribution in [0.5, 0.6) is 0 Å². The number of fused-ring (bicyclic) bond motifs is 4. The van der Waals surface area contributed by atoms with Gasteiger partial charge in [0.1, 0.15) is 0 Å². The third-order valence-electron chi connectivity index (χ3n) is 7.52. The highest BCUT2D eigenvalue weighted by Crippen LogP contribution is 2.88. The first-order chi connectivity index (χ1) is 8.18. The van der Waals surface area contributed by atoms with Crippen LogP contribution in [0.4, 0.5) is 0 Å². The molecular weight excluding hydrogens is 216 g/mol. The summed E-state index contributed by atoms with van der Waals surface area (Å²) in [6.45, 7) is 3.63. The van der Waals surface area contributed by atoms with Crippen LogP contribution >= 0.6 is 0 Å². The third kappa shape index (κ3) is 0.576. The lowest BCUT2D eigenvalue weighted by Crippen LogP contribution is -2.63. The van der Waals surface area contributed by atoms with Crippen molar-refractivity contribution in [3.8, 4) is 0 Å². The summed E-state index contributed by atoms with van der Waals surface area (Å²) < 4.78 is 12.2. The van der Waals surface area contributed by atoms with E-state index in [1.54, 1.807) is 0 Å². The van der Waals surface area contributed by atoms with Gasteiger partial charge in [0.05, 0.1) is 18.8 Å². The second-order valence-electron chi connectivity index (χ2n) is 7.47. The van der Waals surface area contributed by atoms with E-state index in [0.29, 0.717) is 23.7 Å². The van der Waals surface area contributed by atoms with E-state index in [1.165, 1.54) is 6.42 Å². The fourth-order valence-corrected chi connectivity index (χ4v) is 7.74. The van der Waals surface area contributed by atoms with Crippen molar-refractivity contribution >= 4 is 0 Å². The molecule has 0 amide bonds. The summed E-state index contributed by atoms with van der Waals surface area (Å²) >= 11 is 0. The molecule has 1 heterocycles. The number of hydrogen-bond donors (Lipinski definition) is 1. The van der Waals surface area contributed by atoms with E-state index in [2.05, 4.69) is 6.92 Å². The highest BCUT2D eigenvalue weighted by molar-refractivity contribution is 5.36. The Balaban J connectivity index is 1.64. The van der Waals surface area contributed by atoms with Crippen molar-refractivity contribution < 1.29 is 14.6 Å². The van der Waals surface area contributed by atoms with Crippen LogP contribution in [0.2, 0.25) is 0 Å². The smallest absolute Gasteiger partial charge is 0.175 e. The highest BCUT2D eigenvalue weighted by atomic mass is 16.7. The molecular formula is C14H18O3. The molecule has 9 atom stereocenters. The molecule has 1 N–H and O–H groups in total. The van der Waals surface area contributed by atoms with Gasteiger partial charge in [-0.3, -0.25) is 0 Å². The Morgan fingerprint density at radius 1 is 0.941 bits per heavy atom. The van der Waals surface area contributed by atoms with E-state index in [0.717, 1.165) is 36.9 Å².